The first-order valence-electron chi connectivity index (χ1n) is 6.96. The molecule has 2 nitrogen and oxygen atoms in total. The zero-order valence-corrected chi connectivity index (χ0v) is 12.6. The van der Waals surface area contributed by atoms with Gasteiger partial charge in [-0.25, -0.2) is 0 Å². The van der Waals surface area contributed by atoms with Crippen LogP contribution in [0.5, 0.6) is 0 Å². The second-order valence-electron chi connectivity index (χ2n) is 5.49. The molecule has 0 aromatic heterocycles. The van der Waals surface area contributed by atoms with Crippen molar-refractivity contribution in [2.24, 2.45) is 0 Å². The van der Waals surface area contributed by atoms with E-state index in [0.29, 0.717) is 23.1 Å². The highest BCUT2D eigenvalue weighted by atomic mass is 35.5. The smallest absolute Gasteiger partial charge is 0.0771 e. The van der Waals surface area contributed by atoms with Crippen molar-refractivity contribution in [2.45, 2.75) is 50.7 Å². The van der Waals surface area contributed by atoms with Gasteiger partial charge in [-0.05, 0) is 30.5 Å². The van der Waals surface area contributed by atoms with Gasteiger partial charge in [0, 0.05) is 13.1 Å². The molecule has 0 heterocycles. The molecule has 0 atom stereocenters. The highest BCUT2D eigenvalue weighted by Crippen LogP contribution is 2.26. The van der Waals surface area contributed by atoms with E-state index in [0.717, 1.165) is 31.2 Å². The lowest BCUT2D eigenvalue weighted by atomic mass is 9.94. The molecule has 1 aliphatic carbocycles. The molecule has 0 aliphatic heterocycles. The molecule has 2 N–H and O–H groups in total. The average molecular weight is 302 g/mol. The molecule has 0 spiro atoms. The van der Waals surface area contributed by atoms with Crippen LogP contribution in [0.4, 0.5) is 0 Å². The number of nitrogens with one attached hydrogen (secondary N) is 1. The van der Waals surface area contributed by atoms with Gasteiger partial charge in [0.2, 0.25) is 0 Å². The largest absolute Gasteiger partial charge is 0.389 e. The minimum atomic E-state index is -0.535. The van der Waals surface area contributed by atoms with Crippen LogP contribution in [0, 0.1) is 0 Å². The summed E-state index contributed by atoms with van der Waals surface area (Å²) >= 11 is 11.9. The Morgan fingerprint density at radius 3 is 2.37 bits per heavy atom. The normalized spacial score (nSPS) is 19.1. The van der Waals surface area contributed by atoms with E-state index in [2.05, 4.69) is 5.32 Å². The van der Waals surface area contributed by atoms with Gasteiger partial charge in [-0.1, -0.05) is 55.0 Å². The fraction of sp³-hybridized carbons (Fsp3) is 0.600. The SMILES string of the molecule is OC1(CNCc2ccc(Cl)c(Cl)c2)CCCCCC1. The number of halogens is 2. The predicted octanol–water partition coefficient (Wildman–Crippen LogP) is 4.17. The van der Waals surface area contributed by atoms with Crippen molar-refractivity contribution in [1.29, 1.82) is 0 Å². The van der Waals surface area contributed by atoms with Crippen LogP contribution in [-0.4, -0.2) is 17.3 Å². The first kappa shape index (κ1) is 15.1. The van der Waals surface area contributed by atoms with Crippen molar-refractivity contribution in [3.05, 3.63) is 33.8 Å². The summed E-state index contributed by atoms with van der Waals surface area (Å²) in [7, 11) is 0. The first-order chi connectivity index (χ1) is 9.09. The zero-order chi connectivity index (χ0) is 13.7. The molecule has 0 saturated heterocycles. The van der Waals surface area contributed by atoms with Crippen LogP contribution in [0.1, 0.15) is 44.1 Å². The molecule has 2 rings (SSSR count). The molecular weight excluding hydrogens is 281 g/mol. The standard InChI is InChI=1S/C15H21Cl2NO/c16-13-6-5-12(9-14(13)17)10-18-11-15(19)7-3-1-2-4-8-15/h5-6,9,18-19H,1-4,7-8,10-11H2. The topological polar surface area (TPSA) is 32.3 Å². The Bertz CT molecular complexity index is 415. The summed E-state index contributed by atoms with van der Waals surface area (Å²) < 4.78 is 0. The average Bonchev–Trinajstić information content (AvgIpc) is 2.59. The van der Waals surface area contributed by atoms with Gasteiger partial charge in [0.1, 0.15) is 0 Å². The predicted molar refractivity (Wildman–Crippen MR) is 80.8 cm³/mol. The van der Waals surface area contributed by atoms with Crippen molar-refractivity contribution in [1.82, 2.24) is 5.32 Å². The van der Waals surface area contributed by atoms with Crippen molar-refractivity contribution in [3.63, 3.8) is 0 Å². The molecule has 0 radical (unpaired) electrons. The van der Waals surface area contributed by atoms with Crippen LogP contribution in [0.3, 0.4) is 0 Å². The number of rotatable bonds is 4. The lowest BCUT2D eigenvalue weighted by Crippen LogP contribution is -2.39. The monoisotopic (exact) mass is 301 g/mol. The van der Waals surface area contributed by atoms with Crippen LogP contribution < -0.4 is 5.32 Å². The van der Waals surface area contributed by atoms with E-state index in [9.17, 15) is 5.11 Å². The van der Waals surface area contributed by atoms with Gasteiger partial charge in [0.25, 0.3) is 0 Å². The van der Waals surface area contributed by atoms with Gasteiger partial charge in [-0.15, -0.1) is 0 Å². The summed E-state index contributed by atoms with van der Waals surface area (Å²) in [6.07, 6.45) is 6.56. The number of hydrogen-bond donors (Lipinski definition) is 2. The van der Waals surface area contributed by atoms with Gasteiger partial charge >= 0.3 is 0 Å². The Labute approximate surface area is 125 Å². The maximum Gasteiger partial charge on any atom is 0.0771 e. The minimum Gasteiger partial charge on any atom is -0.389 e. The number of hydrogen-bond acceptors (Lipinski definition) is 2. The molecule has 1 aromatic carbocycles. The Balaban J connectivity index is 1.83. The van der Waals surface area contributed by atoms with Crippen LogP contribution in [0.2, 0.25) is 10.0 Å². The lowest BCUT2D eigenvalue weighted by Gasteiger charge is -2.27. The zero-order valence-electron chi connectivity index (χ0n) is 11.1. The van der Waals surface area contributed by atoms with Crippen molar-refractivity contribution in [3.8, 4) is 0 Å². The van der Waals surface area contributed by atoms with Gasteiger partial charge in [-0.3, -0.25) is 0 Å². The first-order valence-corrected chi connectivity index (χ1v) is 7.72. The van der Waals surface area contributed by atoms with E-state index in [1.54, 1.807) is 6.07 Å². The second-order valence-corrected chi connectivity index (χ2v) is 6.30. The van der Waals surface area contributed by atoms with Crippen molar-refractivity contribution in [2.75, 3.05) is 6.54 Å². The van der Waals surface area contributed by atoms with E-state index in [-0.39, 0.29) is 0 Å². The molecule has 0 amide bonds. The van der Waals surface area contributed by atoms with Crippen LogP contribution in [-0.2, 0) is 6.54 Å². The summed E-state index contributed by atoms with van der Waals surface area (Å²) in [5.74, 6) is 0. The maximum atomic E-state index is 10.5. The third kappa shape index (κ3) is 4.64. The summed E-state index contributed by atoms with van der Waals surface area (Å²) in [6, 6.07) is 5.63. The minimum absolute atomic E-state index is 0.535. The van der Waals surface area contributed by atoms with E-state index in [1.807, 2.05) is 12.1 Å². The molecule has 4 heteroatoms. The highest BCUT2D eigenvalue weighted by molar-refractivity contribution is 6.42. The third-order valence-electron chi connectivity index (χ3n) is 3.80. The summed E-state index contributed by atoms with van der Waals surface area (Å²) in [4.78, 5) is 0. The maximum absolute atomic E-state index is 10.5. The molecule has 1 saturated carbocycles. The lowest BCUT2D eigenvalue weighted by molar-refractivity contribution is 0.0250. The molecule has 0 bridgehead atoms. The van der Waals surface area contributed by atoms with E-state index < -0.39 is 5.60 Å². The fourth-order valence-electron chi connectivity index (χ4n) is 2.65. The van der Waals surface area contributed by atoms with Gasteiger partial charge in [-0.2, -0.15) is 0 Å². The van der Waals surface area contributed by atoms with Crippen LogP contribution in [0.25, 0.3) is 0 Å². The van der Waals surface area contributed by atoms with Crippen molar-refractivity contribution >= 4 is 23.2 Å². The van der Waals surface area contributed by atoms with E-state index in [1.165, 1.54) is 12.8 Å². The molecule has 19 heavy (non-hydrogen) atoms. The Morgan fingerprint density at radius 2 is 1.74 bits per heavy atom. The van der Waals surface area contributed by atoms with Crippen LogP contribution >= 0.6 is 23.2 Å². The second kappa shape index (κ2) is 6.94. The molecule has 106 valence electrons. The molecule has 0 unspecified atom stereocenters. The Kier molecular flexibility index (Phi) is 5.52. The summed E-state index contributed by atoms with van der Waals surface area (Å²) in [5.41, 5.74) is 0.554. The van der Waals surface area contributed by atoms with E-state index in [4.69, 9.17) is 23.2 Å². The summed E-state index contributed by atoms with van der Waals surface area (Å²) in [5, 5.41) is 15.0. The Hall–Kier alpha value is -0.280. The fourth-order valence-corrected chi connectivity index (χ4v) is 2.97. The quantitative estimate of drug-likeness (QED) is 0.818. The molecule has 1 aliphatic rings. The molecular formula is C15H21Cl2NO. The van der Waals surface area contributed by atoms with Crippen LogP contribution in [0.15, 0.2) is 18.2 Å². The Morgan fingerprint density at radius 1 is 1.05 bits per heavy atom. The molecule has 1 fully saturated rings. The number of aliphatic hydroxyl groups is 1. The van der Waals surface area contributed by atoms with E-state index >= 15 is 0 Å². The molecule has 1 aromatic rings. The third-order valence-corrected chi connectivity index (χ3v) is 4.54. The highest BCUT2D eigenvalue weighted by Gasteiger charge is 2.27. The van der Waals surface area contributed by atoms with Crippen molar-refractivity contribution < 1.29 is 5.11 Å². The van der Waals surface area contributed by atoms with Gasteiger partial charge < -0.3 is 10.4 Å². The summed E-state index contributed by atoms with van der Waals surface area (Å²) in [6.45, 7) is 1.35. The van der Waals surface area contributed by atoms with Gasteiger partial charge in [0.05, 0.1) is 15.6 Å². The number of benzene rings is 1. The van der Waals surface area contributed by atoms with Gasteiger partial charge in [0.15, 0.2) is 0 Å².